The normalized spacial score (nSPS) is 25.0. The molecular weight excluding hydrogens is 595 g/mol. The highest BCUT2D eigenvalue weighted by Crippen LogP contribution is 2.39. The number of ether oxygens (including phenoxy) is 2. The molecule has 1 N–H and O–H groups in total. The Kier molecular flexibility index (Phi) is 9.82. The summed E-state index contributed by atoms with van der Waals surface area (Å²) >= 11 is 0. The van der Waals surface area contributed by atoms with Crippen LogP contribution in [-0.2, 0) is 28.2 Å². The minimum absolute atomic E-state index is 0.0471. The lowest BCUT2D eigenvalue weighted by atomic mass is 9.82. The molecule has 0 saturated carbocycles. The number of likely N-dealkylation sites (N-methyl/N-ethyl adjacent to an activating group) is 1. The van der Waals surface area contributed by atoms with Crippen molar-refractivity contribution in [3.8, 4) is 0 Å². The summed E-state index contributed by atoms with van der Waals surface area (Å²) in [5, 5.41) is 3.72. The van der Waals surface area contributed by atoms with Crippen LogP contribution in [0.4, 0.5) is 0 Å². The molecule has 0 radical (unpaired) electrons. The SMILES string of the molecule is Cc1ccc(S(=O)(=O)OCC(COC2=CC=C3N[C@H](C4=CN=C5[C@@H](C4)OCCN5C)CC[C@@H]3C2)O[Si](C)(C)C(C)(C)C)cc1. The number of allylic oxidation sites excluding steroid dienone is 4. The summed E-state index contributed by atoms with van der Waals surface area (Å²) in [5.41, 5.74) is 3.51. The van der Waals surface area contributed by atoms with Crippen LogP contribution in [-0.4, -0.2) is 79.1 Å². The Morgan fingerprint density at radius 3 is 2.59 bits per heavy atom. The topological polar surface area (TPSA) is 98.7 Å². The Labute approximate surface area is 264 Å². The van der Waals surface area contributed by atoms with Gasteiger partial charge < -0.3 is 24.1 Å². The van der Waals surface area contributed by atoms with E-state index in [-0.39, 0.29) is 35.3 Å². The number of benzene rings is 1. The highest BCUT2D eigenvalue weighted by Gasteiger charge is 2.40. The summed E-state index contributed by atoms with van der Waals surface area (Å²) in [6.07, 6.45) is 9.44. The van der Waals surface area contributed by atoms with Crippen LogP contribution >= 0.6 is 0 Å². The van der Waals surface area contributed by atoms with Crippen LogP contribution in [0.25, 0.3) is 0 Å². The van der Waals surface area contributed by atoms with Gasteiger partial charge in [-0.05, 0) is 67.8 Å². The van der Waals surface area contributed by atoms with Crippen LogP contribution in [0.1, 0.15) is 52.0 Å². The van der Waals surface area contributed by atoms with E-state index in [2.05, 4.69) is 57.2 Å². The molecule has 242 valence electrons. The van der Waals surface area contributed by atoms with E-state index in [1.807, 2.05) is 19.2 Å². The third-order valence-corrected chi connectivity index (χ3v) is 15.4. The largest absolute Gasteiger partial charge is 0.495 e. The van der Waals surface area contributed by atoms with Crippen LogP contribution in [0.2, 0.25) is 18.1 Å². The number of aliphatic imine (C=N–C) groups is 1. The number of fused-ring (bicyclic) bond motifs is 2. The van der Waals surface area contributed by atoms with Gasteiger partial charge in [-0.25, -0.2) is 4.99 Å². The molecule has 4 atom stereocenters. The average Bonchev–Trinajstić information content (AvgIpc) is 2.97. The number of nitrogens with zero attached hydrogens (tertiary/aromatic N) is 2. The van der Waals surface area contributed by atoms with Gasteiger partial charge in [0.15, 0.2) is 8.32 Å². The van der Waals surface area contributed by atoms with Crippen molar-refractivity contribution in [1.29, 1.82) is 0 Å². The summed E-state index contributed by atoms with van der Waals surface area (Å²) in [5.74, 6) is 2.27. The Bertz CT molecular complexity index is 1430. The minimum atomic E-state index is -3.92. The first-order chi connectivity index (χ1) is 20.7. The minimum Gasteiger partial charge on any atom is -0.495 e. The van der Waals surface area contributed by atoms with Crippen molar-refractivity contribution in [3.63, 3.8) is 0 Å². The molecule has 1 aromatic carbocycles. The fourth-order valence-electron chi connectivity index (χ4n) is 5.78. The predicted octanol–water partition coefficient (Wildman–Crippen LogP) is 5.66. The lowest BCUT2D eigenvalue weighted by Gasteiger charge is -2.40. The summed E-state index contributed by atoms with van der Waals surface area (Å²) in [7, 11) is -4.07. The quantitative estimate of drug-likeness (QED) is 0.258. The zero-order valence-corrected chi connectivity index (χ0v) is 29.1. The highest BCUT2D eigenvalue weighted by atomic mass is 32.2. The van der Waals surface area contributed by atoms with Crippen molar-refractivity contribution >= 4 is 24.3 Å². The van der Waals surface area contributed by atoms with E-state index in [0.717, 1.165) is 56.0 Å². The van der Waals surface area contributed by atoms with Crippen LogP contribution in [0, 0.1) is 12.8 Å². The molecule has 0 spiro atoms. The molecule has 1 aliphatic carbocycles. The fourth-order valence-corrected chi connectivity index (χ4v) is 8.04. The van der Waals surface area contributed by atoms with Crippen molar-refractivity contribution in [2.75, 3.05) is 33.4 Å². The maximum atomic E-state index is 12.9. The van der Waals surface area contributed by atoms with Gasteiger partial charge in [0.2, 0.25) is 0 Å². The first kappa shape index (κ1) is 32.9. The third-order valence-electron chi connectivity index (χ3n) is 9.58. The molecule has 3 aliphatic heterocycles. The molecule has 1 aromatic rings. The fraction of sp³-hybridized carbons (Fsp3) is 0.606. The summed E-state index contributed by atoms with van der Waals surface area (Å²) in [6.45, 7) is 14.4. The van der Waals surface area contributed by atoms with Crippen LogP contribution in [0.3, 0.4) is 0 Å². The summed E-state index contributed by atoms with van der Waals surface area (Å²) < 4.78 is 50.4. The van der Waals surface area contributed by atoms with Gasteiger partial charge in [0.05, 0.1) is 23.9 Å². The number of hydrogen-bond acceptors (Lipinski definition) is 9. The molecule has 2 saturated heterocycles. The maximum absolute atomic E-state index is 12.9. The molecule has 44 heavy (non-hydrogen) atoms. The molecule has 5 rings (SSSR count). The van der Waals surface area contributed by atoms with Gasteiger partial charge >= 0.3 is 0 Å². The summed E-state index contributed by atoms with van der Waals surface area (Å²) in [6, 6.07) is 6.93. The van der Waals surface area contributed by atoms with Crippen molar-refractivity contribution < 1.29 is 26.5 Å². The first-order valence-corrected chi connectivity index (χ1v) is 20.1. The molecular formula is C33H49N3O6SSi. The van der Waals surface area contributed by atoms with E-state index in [0.29, 0.717) is 5.92 Å². The lowest BCUT2D eigenvalue weighted by Crippen LogP contribution is -2.48. The number of amidine groups is 1. The molecule has 4 aliphatic rings. The molecule has 2 fully saturated rings. The van der Waals surface area contributed by atoms with E-state index in [9.17, 15) is 8.42 Å². The number of hydrogen-bond donors (Lipinski definition) is 1. The molecule has 3 heterocycles. The molecule has 0 aromatic heterocycles. The Morgan fingerprint density at radius 2 is 1.86 bits per heavy atom. The van der Waals surface area contributed by atoms with Crippen molar-refractivity contribution in [3.05, 3.63) is 65.2 Å². The standard InChI is InChI=1S/C33H49N3O6SSi/c1-23-8-12-28(13-9-23)43(37,38)41-22-27(42-44(6,7)33(2,3)4)21-40-26-11-15-29-24(18-26)10-14-30(35-29)25-19-31-32(34-20-25)36(5)16-17-39-31/h8-9,11-13,15,20,24,27,30-31,35H,10,14,16-19,21-22H2,1-7H3/t24-,27?,30+,31-/m1/s1. The molecule has 11 heteroatoms. The predicted molar refractivity (Wildman–Crippen MR) is 175 cm³/mol. The zero-order valence-electron chi connectivity index (χ0n) is 27.3. The maximum Gasteiger partial charge on any atom is 0.297 e. The van der Waals surface area contributed by atoms with Crippen molar-refractivity contribution in [2.45, 2.75) is 94.7 Å². The monoisotopic (exact) mass is 643 g/mol. The van der Waals surface area contributed by atoms with Gasteiger partial charge in [0.1, 0.15) is 24.7 Å². The van der Waals surface area contributed by atoms with Crippen molar-refractivity contribution in [2.24, 2.45) is 10.9 Å². The Morgan fingerprint density at radius 1 is 1.11 bits per heavy atom. The van der Waals surface area contributed by atoms with Crippen LogP contribution in [0.5, 0.6) is 0 Å². The molecule has 1 unspecified atom stereocenters. The Hall–Kier alpha value is -2.44. The highest BCUT2D eigenvalue weighted by molar-refractivity contribution is 7.86. The van der Waals surface area contributed by atoms with Gasteiger partial charge in [-0.1, -0.05) is 38.5 Å². The van der Waals surface area contributed by atoms with Crippen LogP contribution in [0.15, 0.2) is 69.5 Å². The van der Waals surface area contributed by atoms with Gasteiger partial charge in [-0.15, -0.1) is 0 Å². The van der Waals surface area contributed by atoms with E-state index in [1.165, 1.54) is 11.3 Å². The van der Waals surface area contributed by atoms with Gasteiger partial charge in [0, 0.05) is 50.3 Å². The molecule has 9 nitrogen and oxygen atoms in total. The molecule has 0 bridgehead atoms. The second kappa shape index (κ2) is 13.1. The van der Waals surface area contributed by atoms with Gasteiger partial charge in [-0.3, -0.25) is 4.18 Å². The second-order valence-corrected chi connectivity index (χ2v) is 20.3. The van der Waals surface area contributed by atoms with E-state index in [1.54, 1.807) is 24.3 Å². The lowest BCUT2D eigenvalue weighted by molar-refractivity contribution is 0.0422. The number of nitrogens with one attached hydrogen (secondary N) is 1. The van der Waals surface area contributed by atoms with Gasteiger partial charge in [0.25, 0.3) is 10.1 Å². The van der Waals surface area contributed by atoms with E-state index >= 15 is 0 Å². The number of rotatable bonds is 10. The average molecular weight is 644 g/mol. The number of piperidine rings is 1. The van der Waals surface area contributed by atoms with E-state index < -0.39 is 24.5 Å². The number of aryl methyl sites for hydroxylation is 1. The second-order valence-electron chi connectivity index (χ2n) is 14.0. The Balaban J connectivity index is 1.22. The first-order valence-electron chi connectivity index (χ1n) is 15.8. The van der Waals surface area contributed by atoms with E-state index in [4.69, 9.17) is 23.1 Å². The number of morpholine rings is 1. The zero-order chi connectivity index (χ0) is 31.7. The van der Waals surface area contributed by atoms with Crippen molar-refractivity contribution in [1.82, 2.24) is 10.2 Å². The van der Waals surface area contributed by atoms with Gasteiger partial charge in [-0.2, -0.15) is 8.42 Å². The summed E-state index contributed by atoms with van der Waals surface area (Å²) in [4.78, 5) is 7.08. The smallest absolute Gasteiger partial charge is 0.297 e. The van der Waals surface area contributed by atoms with Crippen LogP contribution < -0.4 is 5.32 Å². The third kappa shape index (κ3) is 7.67. The molecule has 0 amide bonds.